The number of hydrogen-bond donors (Lipinski definition) is 0. The van der Waals surface area contributed by atoms with Crippen molar-refractivity contribution in [1.29, 1.82) is 0 Å². The summed E-state index contributed by atoms with van der Waals surface area (Å²) in [5.74, 6) is 1.75. The maximum atomic E-state index is 4.43. The number of piperidine rings is 1. The van der Waals surface area contributed by atoms with Crippen LogP contribution < -0.4 is 4.90 Å². The van der Waals surface area contributed by atoms with Gasteiger partial charge in [0.05, 0.1) is 4.47 Å². The number of halogens is 2. The van der Waals surface area contributed by atoms with Crippen molar-refractivity contribution in [3.8, 4) is 0 Å². The van der Waals surface area contributed by atoms with E-state index < -0.39 is 0 Å². The molecule has 0 saturated carbocycles. The van der Waals surface area contributed by atoms with Crippen LogP contribution in [0.5, 0.6) is 0 Å². The summed E-state index contributed by atoms with van der Waals surface area (Å²) >= 11 is 7.26. The Morgan fingerprint density at radius 2 is 2.33 bits per heavy atom. The maximum Gasteiger partial charge on any atom is 0.142 e. The zero-order valence-corrected chi connectivity index (χ0v) is 11.8. The van der Waals surface area contributed by atoms with Crippen LogP contribution in [-0.2, 0) is 0 Å². The van der Waals surface area contributed by atoms with Crippen LogP contribution in [0.3, 0.4) is 0 Å². The Morgan fingerprint density at radius 1 is 1.53 bits per heavy atom. The Morgan fingerprint density at radius 3 is 3.00 bits per heavy atom. The molecule has 0 aromatic carbocycles. The zero-order valence-electron chi connectivity index (χ0n) is 8.66. The van der Waals surface area contributed by atoms with Gasteiger partial charge in [0.1, 0.15) is 5.82 Å². The standard InChI is InChI=1S/C11H14Br2N2/c1-8-7-15(6-4-9(8)12)11-10(13)3-2-5-14-11/h2-3,5,8-9H,4,6-7H2,1H3. The van der Waals surface area contributed by atoms with Gasteiger partial charge >= 0.3 is 0 Å². The van der Waals surface area contributed by atoms with Gasteiger partial charge in [0.15, 0.2) is 0 Å². The first-order valence-corrected chi connectivity index (χ1v) is 6.89. The smallest absolute Gasteiger partial charge is 0.142 e. The SMILES string of the molecule is CC1CN(c2ncccc2Br)CCC1Br. The monoisotopic (exact) mass is 332 g/mol. The summed E-state index contributed by atoms with van der Waals surface area (Å²) in [6.07, 6.45) is 3.04. The molecule has 0 N–H and O–H groups in total. The van der Waals surface area contributed by atoms with E-state index in [1.165, 1.54) is 6.42 Å². The fourth-order valence-corrected chi connectivity index (χ4v) is 2.80. The molecule has 0 spiro atoms. The number of pyridine rings is 1. The number of alkyl halides is 1. The van der Waals surface area contributed by atoms with Crippen LogP contribution in [-0.4, -0.2) is 22.9 Å². The highest BCUT2D eigenvalue weighted by atomic mass is 79.9. The van der Waals surface area contributed by atoms with Crippen LogP contribution in [0.1, 0.15) is 13.3 Å². The van der Waals surface area contributed by atoms with Crippen molar-refractivity contribution in [3.63, 3.8) is 0 Å². The van der Waals surface area contributed by atoms with E-state index in [0.29, 0.717) is 10.7 Å². The lowest BCUT2D eigenvalue weighted by atomic mass is 10.0. The Hall–Kier alpha value is -0.0900. The lowest BCUT2D eigenvalue weighted by molar-refractivity contribution is 0.463. The van der Waals surface area contributed by atoms with E-state index in [2.05, 4.69) is 48.7 Å². The molecule has 82 valence electrons. The summed E-state index contributed by atoms with van der Waals surface area (Å²) < 4.78 is 1.09. The lowest BCUT2D eigenvalue weighted by Gasteiger charge is -2.35. The molecule has 1 aromatic heterocycles. The second-order valence-electron chi connectivity index (χ2n) is 4.04. The first-order chi connectivity index (χ1) is 7.18. The van der Waals surface area contributed by atoms with Crippen LogP contribution in [0.2, 0.25) is 0 Å². The molecule has 15 heavy (non-hydrogen) atoms. The Bertz CT molecular complexity index is 343. The van der Waals surface area contributed by atoms with Gasteiger partial charge in [-0.15, -0.1) is 0 Å². The highest BCUT2D eigenvalue weighted by molar-refractivity contribution is 9.10. The van der Waals surface area contributed by atoms with E-state index in [4.69, 9.17) is 0 Å². The molecule has 2 nitrogen and oxygen atoms in total. The predicted molar refractivity (Wildman–Crippen MR) is 70.6 cm³/mol. The third-order valence-corrected chi connectivity index (χ3v) is 4.82. The van der Waals surface area contributed by atoms with Crippen molar-refractivity contribution in [3.05, 3.63) is 22.8 Å². The maximum absolute atomic E-state index is 4.43. The van der Waals surface area contributed by atoms with Crippen molar-refractivity contribution in [2.75, 3.05) is 18.0 Å². The molecule has 1 fully saturated rings. The van der Waals surface area contributed by atoms with Crippen LogP contribution in [0.25, 0.3) is 0 Å². The normalized spacial score (nSPS) is 26.7. The Labute approximate surface area is 107 Å². The molecule has 2 atom stereocenters. The van der Waals surface area contributed by atoms with E-state index >= 15 is 0 Å². The molecule has 2 heterocycles. The zero-order chi connectivity index (χ0) is 10.8. The van der Waals surface area contributed by atoms with Crippen molar-refractivity contribution < 1.29 is 0 Å². The minimum absolute atomic E-state index is 0.649. The summed E-state index contributed by atoms with van der Waals surface area (Å²) in [4.78, 5) is 7.43. The van der Waals surface area contributed by atoms with Crippen LogP contribution >= 0.6 is 31.9 Å². The minimum atomic E-state index is 0.649. The van der Waals surface area contributed by atoms with Gasteiger partial charge < -0.3 is 4.90 Å². The average Bonchev–Trinajstić information content (AvgIpc) is 2.23. The summed E-state index contributed by atoms with van der Waals surface area (Å²) in [7, 11) is 0. The molecular weight excluding hydrogens is 320 g/mol. The van der Waals surface area contributed by atoms with Gasteiger partial charge in [-0.05, 0) is 40.4 Å². The first kappa shape index (κ1) is 11.4. The average molecular weight is 334 g/mol. The highest BCUT2D eigenvalue weighted by Gasteiger charge is 2.25. The third-order valence-electron chi connectivity index (χ3n) is 2.84. The van der Waals surface area contributed by atoms with E-state index in [-0.39, 0.29) is 0 Å². The summed E-state index contributed by atoms with van der Waals surface area (Å²) in [5.41, 5.74) is 0. The molecule has 4 heteroatoms. The summed E-state index contributed by atoms with van der Waals surface area (Å²) in [6.45, 7) is 4.43. The predicted octanol–water partition coefficient (Wildman–Crippen LogP) is 3.45. The largest absolute Gasteiger partial charge is 0.355 e. The van der Waals surface area contributed by atoms with Gasteiger partial charge in [-0.2, -0.15) is 0 Å². The van der Waals surface area contributed by atoms with Crippen LogP contribution in [0.15, 0.2) is 22.8 Å². The highest BCUT2D eigenvalue weighted by Crippen LogP contribution is 2.30. The molecule has 0 amide bonds. The molecule has 1 aliphatic heterocycles. The van der Waals surface area contributed by atoms with Gasteiger partial charge in [-0.25, -0.2) is 4.98 Å². The second-order valence-corrected chi connectivity index (χ2v) is 6.07. The van der Waals surface area contributed by atoms with Gasteiger partial charge in [-0.1, -0.05) is 22.9 Å². The molecule has 0 radical (unpaired) electrons. The summed E-state index contributed by atoms with van der Waals surface area (Å²) in [6, 6.07) is 4.00. The van der Waals surface area contributed by atoms with E-state index in [9.17, 15) is 0 Å². The molecule has 0 bridgehead atoms. The molecular formula is C11H14Br2N2. The van der Waals surface area contributed by atoms with E-state index in [1.807, 2.05) is 18.3 Å². The Balaban J connectivity index is 2.15. The molecule has 2 rings (SSSR count). The van der Waals surface area contributed by atoms with E-state index in [1.54, 1.807) is 0 Å². The van der Waals surface area contributed by atoms with Gasteiger partial charge in [0.2, 0.25) is 0 Å². The number of nitrogens with zero attached hydrogens (tertiary/aromatic N) is 2. The molecule has 1 saturated heterocycles. The molecule has 0 aliphatic carbocycles. The van der Waals surface area contributed by atoms with Crippen molar-refractivity contribution in [1.82, 2.24) is 4.98 Å². The van der Waals surface area contributed by atoms with E-state index in [0.717, 1.165) is 23.4 Å². The number of rotatable bonds is 1. The second kappa shape index (κ2) is 4.83. The first-order valence-electron chi connectivity index (χ1n) is 5.18. The quantitative estimate of drug-likeness (QED) is 0.732. The van der Waals surface area contributed by atoms with Crippen molar-refractivity contribution in [2.45, 2.75) is 18.2 Å². The summed E-state index contributed by atoms with van der Waals surface area (Å²) in [5, 5.41) is 0. The topological polar surface area (TPSA) is 16.1 Å². The minimum Gasteiger partial charge on any atom is -0.355 e. The van der Waals surface area contributed by atoms with Crippen LogP contribution in [0.4, 0.5) is 5.82 Å². The third kappa shape index (κ3) is 2.53. The fraction of sp³-hybridized carbons (Fsp3) is 0.545. The van der Waals surface area contributed by atoms with Gasteiger partial charge in [0, 0.05) is 24.1 Å². The molecule has 2 unspecified atom stereocenters. The van der Waals surface area contributed by atoms with Gasteiger partial charge in [0.25, 0.3) is 0 Å². The number of anilines is 1. The van der Waals surface area contributed by atoms with Crippen LogP contribution in [0, 0.1) is 5.92 Å². The number of aromatic nitrogens is 1. The van der Waals surface area contributed by atoms with Gasteiger partial charge in [-0.3, -0.25) is 0 Å². The molecule has 1 aromatic rings. The number of hydrogen-bond acceptors (Lipinski definition) is 2. The van der Waals surface area contributed by atoms with Crippen molar-refractivity contribution in [2.24, 2.45) is 5.92 Å². The fourth-order valence-electron chi connectivity index (χ4n) is 1.92. The lowest BCUT2D eigenvalue weighted by Crippen LogP contribution is -2.40. The van der Waals surface area contributed by atoms with Crippen molar-refractivity contribution >= 4 is 37.7 Å². The Kier molecular flexibility index (Phi) is 3.67. The molecule has 1 aliphatic rings.